The molecule has 14 nitrogen and oxygen atoms in total. The van der Waals surface area contributed by atoms with Crippen LogP contribution < -0.4 is 27.4 Å². The predicted molar refractivity (Wildman–Crippen MR) is 105 cm³/mol. The van der Waals surface area contributed by atoms with Crippen molar-refractivity contribution >= 4 is 29.6 Å². The van der Waals surface area contributed by atoms with Gasteiger partial charge in [0.05, 0.1) is 19.0 Å². The number of rotatable bonds is 13. The van der Waals surface area contributed by atoms with E-state index >= 15 is 0 Å². The third-order valence-electron chi connectivity index (χ3n) is 4.17. The third-order valence-corrected chi connectivity index (χ3v) is 4.17. The number of carboxylic acids is 1. The van der Waals surface area contributed by atoms with Gasteiger partial charge in [-0.05, 0) is 13.3 Å². The molecule has 0 bridgehead atoms. The third kappa shape index (κ3) is 9.22. The Labute approximate surface area is 177 Å². The van der Waals surface area contributed by atoms with E-state index in [1.165, 1.54) is 19.4 Å². The Balaban J connectivity index is 2.71. The average Bonchev–Trinajstić information content (AvgIpc) is 3.20. The normalized spacial score (nSPS) is 14.5. The molecule has 0 radical (unpaired) electrons. The van der Waals surface area contributed by atoms with Gasteiger partial charge in [0.15, 0.2) is 0 Å². The summed E-state index contributed by atoms with van der Waals surface area (Å²) in [6.07, 6.45) is 1.19. The fourth-order valence-corrected chi connectivity index (χ4v) is 2.39. The summed E-state index contributed by atoms with van der Waals surface area (Å²) >= 11 is 0. The van der Waals surface area contributed by atoms with Gasteiger partial charge in [-0.15, -0.1) is 0 Å². The SMILES string of the molecule is CC(O)C(N)C(=O)NC(Cc1cnc[nH]1)C(=O)NCC(=O)NC(CCC(N)=O)C(=O)O. The van der Waals surface area contributed by atoms with E-state index in [4.69, 9.17) is 16.6 Å². The number of hydrogen-bond donors (Lipinski definition) is 8. The number of nitrogens with two attached hydrogens (primary N) is 2. The van der Waals surface area contributed by atoms with Crippen molar-refractivity contribution in [1.82, 2.24) is 25.9 Å². The predicted octanol–water partition coefficient (Wildman–Crippen LogP) is -3.90. The van der Waals surface area contributed by atoms with E-state index in [2.05, 4.69) is 25.9 Å². The number of hydrogen-bond acceptors (Lipinski definition) is 8. The molecule has 0 aliphatic carbocycles. The fraction of sp³-hybridized carbons (Fsp3) is 0.529. The molecule has 0 spiro atoms. The molecule has 0 aliphatic rings. The number of aromatic amines is 1. The van der Waals surface area contributed by atoms with Crippen LogP contribution >= 0.6 is 0 Å². The first-order chi connectivity index (χ1) is 14.5. The molecule has 4 unspecified atom stereocenters. The maximum atomic E-state index is 12.5. The summed E-state index contributed by atoms with van der Waals surface area (Å²) in [7, 11) is 0. The molecule has 1 aromatic heterocycles. The molecule has 1 heterocycles. The number of aliphatic hydroxyl groups excluding tert-OH is 1. The first-order valence-electron chi connectivity index (χ1n) is 9.30. The highest BCUT2D eigenvalue weighted by atomic mass is 16.4. The van der Waals surface area contributed by atoms with Crippen molar-refractivity contribution < 1.29 is 34.2 Å². The lowest BCUT2D eigenvalue weighted by molar-refractivity contribution is -0.142. The van der Waals surface area contributed by atoms with Gasteiger partial charge in [-0.1, -0.05) is 0 Å². The minimum Gasteiger partial charge on any atom is -0.480 e. The van der Waals surface area contributed by atoms with Crippen LogP contribution in [0.25, 0.3) is 0 Å². The summed E-state index contributed by atoms with van der Waals surface area (Å²) in [5.74, 6) is -4.44. The van der Waals surface area contributed by atoms with Crippen molar-refractivity contribution in [3.8, 4) is 0 Å². The Morgan fingerprint density at radius 1 is 1.16 bits per heavy atom. The molecule has 172 valence electrons. The monoisotopic (exact) mass is 441 g/mol. The van der Waals surface area contributed by atoms with Crippen molar-refractivity contribution in [2.75, 3.05) is 6.54 Å². The molecular formula is C17H27N7O7. The van der Waals surface area contributed by atoms with Gasteiger partial charge in [0.2, 0.25) is 23.6 Å². The number of aliphatic carboxylic acids is 1. The summed E-state index contributed by atoms with van der Waals surface area (Å²) < 4.78 is 0. The smallest absolute Gasteiger partial charge is 0.326 e. The van der Waals surface area contributed by atoms with Crippen LogP contribution in [-0.4, -0.2) is 80.6 Å². The average molecular weight is 441 g/mol. The quantitative estimate of drug-likeness (QED) is 0.149. The summed E-state index contributed by atoms with van der Waals surface area (Å²) in [5.41, 5.74) is 11.0. The lowest BCUT2D eigenvalue weighted by atomic mass is 10.1. The number of nitrogens with one attached hydrogen (secondary N) is 4. The number of aliphatic hydroxyl groups is 1. The van der Waals surface area contributed by atoms with Crippen LogP contribution in [0.15, 0.2) is 12.5 Å². The summed E-state index contributed by atoms with van der Waals surface area (Å²) in [4.78, 5) is 65.2. The zero-order valence-corrected chi connectivity index (χ0v) is 16.8. The van der Waals surface area contributed by atoms with Crippen LogP contribution in [0.1, 0.15) is 25.5 Å². The number of imidazole rings is 1. The minimum absolute atomic E-state index is 0.0118. The number of H-pyrrole nitrogens is 1. The second-order valence-electron chi connectivity index (χ2n) is 6.79. The summed E-state index contributed by atoms with van der Waals surface area (Å²) in [6, 6.07) is -3.79. The highest BCUT2D eigenvalue weighted by Gasteiger charge is 2.27. The van der Waals surface area contributed by atoms with Gasteiger partial charge in [-0.3, -0.25) is 19.2 Å². The molecule has 1 aromatic rings. The number of carboxylic acid groups (broad SMARTS) is 1. The number of primary amides is 1. The van der Waals surface area contributed by atoms with E-state index in [9.17, 15) is 29.1 Å². The fourth-order valence-electron chi connectivity index (χ4n) is 2.39. The number of carbonyl (C=O) groups is 5. The molecule has 0 fully saturated rings. The molecule has 0 aromatic carbocycles. The molecule has 10 N–H and O–H groups in total. The highest BCUT2D eigenvalue weighted by Crippen LogP contribution is 2.01. The van der Waals surface area contributed by atoms with Crippen LogP contribution in [0.3, 0.4) is 0 Å². The standard InChI is InChI=1S/C17H27N7O7/c1-8(25)14(19)16(29)24-11(4-9-5-20-7-22-9)15(28)21-6-13(27)23-10(17(30)31)2-3-12(18)26/h5,7-8,10-11,14,25H,2-4,6,19H2,1H3,(H2,18,26)(H,20,22)(H,21,28)(H,23,27)(H,24,29)(H,30,31). The second-order valence-corrected chi connectivity index (χ2v) is 6.79. The molecule has 0 aliphatic heterocycles. The zero-order valence-electron chi connectivity index (χ0n) is 16.8. The summed E-state index contributed by atoms with van der Waals surface area (Å²) in [5, 5.41) is 25.4. The van der Waals surface area contributed by atoms with Crippen molar-refractivity contribution in [3.63, 3.8) is 0 Å². The second kappa shape index (κ2) is 12.2. The van der Waals surface area contributed by atoms with E-state index in [-0.39, 0.29) is 19.3 Å². The Hall–Kier alpha value is -3.52. The maximum absolute atomic E-state index is 12.5. The Bertz CT molecular complexity index is 782. The van der Waals surface area contributed by atoms with E-state index in [1.54, 1.807) is 0 Å². The lowest BCUT2D eigenvalue weighted by Crippen LogP contribution is -2.56. The van der Waals surface area contributed by atoms with Gasteiger partial charge in [0.25, 0.3) is 0 Å². The highest BCUT2D eigenvalue weighted by molar-refractivity contribution is 5.93. The number of aromatic nitrogens is 2. The molecule has 14 heteroatoms. The van der Waals surface area contributed by atoms with E-state index < -0.39 is 60.4 Å². The molecule has 1 rings (SSSR count). The van der Waals surface area contributed by atoms with Crippen LogP contribution in [-0.2, 0) is 30.4 Å². The van der Waals surface area contributed by atoms with Gasteiger partial charge < -0.3 is 42.6 Å². The van der Waals surface area contributed by atoms with Gasteiger partial charge in [0.1, 0.15) is 18.1 Å². The van der Waals surface area contributed by atoms with E-state index in [1.807, 2.05) is 0 Å². The lowest BCUT2D eigenvalue weighted by Gasteiger charge is -2.21. The number of amides is 4. The molecule has 0 saturated carbocycles. The van der Waals surface area contributed by atoms with Crippen molar-refractivity contribution in [1.29, 1.82) is 0 Å². The molecule has 31 heavy (non-hydrogen) atoms. The van der Waals surface area contributed by atoms with Crippen molar-refractivity contribution in [2.45, 2.75) is 50.4 Å². The van der Waals surface area contributed by atoms with Crippen molar-refractivity contribution in [3.05, 3.63) is 18.2 Å². The Morgan fingerprint density at radius 3 is 2.35 bits per heavy atom. The van der Waals surface area contributed by atoms with Gasteiger partial charge in [-0.25, -0.2) is 9.78 Å². The minimum atomic E-state index is -1.36. The van der Waals surface area contributed by atoms with Crippen LogP contribution in [0.5, 0.6) is 0 Å². The van der Waals surface area contributed by atoms with Gasteiger partial charge in [-0.2, -0.15) is 0 Å². The largest absolute Gasteiger partial charge is 0.480 e. The van der Waals surface area contributed by atoms with Crippen molar-refractivity contribution in [2.24, 2.45) is 11.5 Å². The van der Waals surface area contributed by atoms with Gasteiger partial charge >= 0.3 is 5.97 Å². The first-order valence-corrected chi connectivity index (χ1v) is 9.30. The molecular weight excluding hydrogens is 414 g/mol. The molecule has 0 saturated heterocycles. The van der Waals surface area contributed by atoms with Crippen LogP contribution in [0, 0.1) is 0 Å². The Morgan fingerprint density at radius 2 is 1.84 bits per heavy atom. The number of carbonyl (C=O) groups excluding carboxylic acids is 4. The van der Waals surface area contributed by atoms with Gasteiger partial charge in [0, 0.05) is 24.7 Å². The first kappa shape index (κ1) is 25.5. The Kier molecular flexibility index (Phi) is 10.1. The molecule has 4 atom stereocenters. The maximum Gasteiger partial charge on any atom is 0.326 e. The van der Waals surface area contributed by atoms with Crippen LogP contribution in [0.4, 0.5) is 0 Å². The zero-order chi connectivity index (χ0) is 23.6. The molecule has 4 amide bonds. The summed E-state index contributed by atoms with van der Waals surface area (Å²) in [6.45, 7) is 0.729. The van der Waals surface area contributed by atoms with E-state index in [0.717, 1.165) is 0 Å². The van der Waals surface area contributed by atoms with E-state index in [0.29, 0.717) is 5.69 Å². The number of nitrogens with zero attached hydrogens (tertiary/aromatic N) is 1. The topological polar surface area (TPSA) is 243 Å². The van der Waals surface area contributed by atoms with Crippen LogP contribution in [0.2, 0.25) is 0 Å².